The number of ether oxygens (including phenoxy) is 1. The molecule has 0 aliphatic carbocycles. The van der Waals surface area contributed by atoms with Gasteiger partial charge >= 0.3 is 0 Å². The van der Waals surface area contributed by atoms with Gasteiger partial charge in [-0.1, -0.05) is 13.8 Å². The number of benzene rings is 1. The molecule has 4 rings (SSSR count). The molecule has 2 aromatic rings. The van der Waals surface area contributed by atoms with Crippen molar-refractivity contribution in [2.75, 3.05) is 6.61 Å². The number of aliphatic imine (C=N–C) groups is 1. The highest BCUT2D eigenvalue weighted by molar-refractivity contribution is 8.27. The number of hydrazone groups is 1. The number of hydrogen-bond acceptors (Lipinski definition) is 5. The van der Waals surface area contributed by atoms with Crippen LogP contribution in [0.3, 0.4) is 0 Å². The van der Waals surface area contributed by atoms with E-state index in [1.165, 1.54) is 16.8 Å². The summed E-state index contributed by atoms with van der Waals surface area (Å²) in [4.78, 5) is 16.9. The number of rotatable bonds is 5. The van der Waals surface area contributed by atoms with Gasteiger partial charge in [0.05, 0.1) is 12.2 Å². The van der Waals surface area contributed by atoms with Gasteiger partial charge in [-0.15, -0.1) is 0 Å². The van der Waals surface area contributed by atoms with Gasteiger partial charge in [0.1, 0.15) is 10.8 Å². The molecule has 0 bridgehead atoms. The third-order valence-corrected chi connectivity index (χ3v) is 6.35. The molecule has 0 atom stereocenters. The largest absolute Gasteiger partial charge is 0.494 e. The highest BCUT2D eigenvalue weighted by Crippen LogP contribution is 2.32. The summed E-state index contributed by atoms with van der Waals surface area (Å²) in [6.07, 6.45) is 1.74. The van der Waals surface area contributed by atoms with Gasteiger partial charge in [0.25, 0.3) is 5.91 Å². The van der Waals surface area contributed by atoms with Gasteiger partial charge in [0, 0.05) is 23.0 Å². The molecule has 2 aliphatic rings. The van der Waals surface area contributed by atoms with E-state index in [4.69, 9.17) is 10.1 Å². The van der Waals surface area contributed by atoms with Gasteiger partial charge in [0.2, 0.25) is 5.17 Å². The van der Waals surface area contributed by atoms with Crippen molar-refractivity contribution in [1.29, 1.82) is 5.41 Å². The van der Waals surface area contributed by atoms with Crippen molar-refractivity contribution in [3.05, 3.63) is 52.9 Å². The summed E-state index contributed by atoms with van der Waals surface area (Å²) in [6.45, 7) is 10.7. The fraction of sp³-hybridized carbons (Fsp3) is 0.304. The van der Waals surface area contributed by atoms with Crippen LogP contribution >= 0.6 is 11.8 Å². The summed E-state index contributed by atoms with van der Waals surface area (Å²) in [5.74, 6) is 0.691. The quantitative estimate of drug-likeness (QED) is 0.686. The van der Waals surface area contributed by atoms with Crippen LogP contribution in [-0.2, 0) is 4.79 Å². The fourth-order valence-corrected chi connectivity index (χ4v) is 4.48. The molecule has 0 fully saturated rings. The van der Waals surface area contributed by atoms with Crippen molar-refractivity contribution in [3.63, 3.8) is 0 Å². The van der Waals surface area contributed by atoms with Crippen LogP contribution in [-0.4, -0.2) is 38.1 Å². The number of nitrogens with zero attached hydrogens (tertiary/aromatic N) is 4. The minimum absolute atomic E-state index is 0.0593. The number of carbonyl (C=O) groups excluding carboxylic acids is 1. The number of fused-ring (bicyclic) bond motifs is 1. The van der Waals surface area contributed by atoms with Gasteiger partial charge < -0.3 is 9.30 Å². The Morgan fingerprint density at radius 2 is 1.94 bits per heavy atom. The molecule has 1 aromatic carbocycles. The average molecular weight is 436 g/mol. The monoisotopic (exact) mass is 435 g/mol. The third kappa shape index (κ3) is 3.83. The van der Waals surface area contributed by atoms with E-state index in [9.17, 15) is 4.79 Å². The number of amidine groups is 2. The second kappa shape index (κ2) is 8.19. The Kier molecular flexibility index (Phi) is 5.58. The first-order chi connectivity index (χ1) is 14.8. The van der Waals surface area contributed by atoms with E-state index < -0.39 is 5.91 Å². The zero-order valence-corrected chi connectivity index (χ0v) is 19.1. The van der Waals surface area contributed by atoms with Gasteiger partial charge in [-0.05, 0) is 74.5 Å². The van der Waals surface area contributed by atoms with Crippen LogP contribution in [0.2, 0.25) is 0 Å². The molecule has 160 valence electrons. The van der Waals surface area contributed by atoms with Gasteiger partial charge in [-0.2, -0.15) is 15.1 Å². The van der Waals surface area contributed by atoms with Crippen LogP contribution in [0.15, 0.2) is 46.0 Å². The van der Waals surface area contributed by atoms with Crippen molar-refractivity contribution >= 4 is 39.8 Å². The molecule has 8 heteroatoms. The smallest absolute Gasteiger partial charge is 0.283 e. The fourth-order valence-electron chi connectivity index (χ4n) is 3.58. The maximum absolute atomic E-state index is 12.7. The maximum atomic E-state index is 12.7. The Balaban J connectivity index is 1.69. The molecule has 0 spiro atoms. The third-order valence-electron chi connectivity index (χ3n) is 5.14. The molecule has 0 radical (unpaired) electrons. The number of thioether (sulfide) groups is 1. The van der Waals surface area contributed by atoms with Crippen LogP contribution in [0.1, 0.15) is 37.7 Å². The number of hydrogen-bond donors (Lipinski definition) is 1. The average Bonchev–Trinajstić information content (AvgIpc) is 3.27. The number of nitrogens with one attached hydrogen (secondary N) is 1. The SMILES string of the molecule is CCOc1ccc(-n2c(C)cc(/C=C3\C(=N)N4N=C(C(C)C)SC4=NC3=O)c2C)cc1. The Morgan fingerprint density at radius 3 is 2.58 bits per heavy atom. The lowest BCUT2D eigenvalue weighted by Crippen LogP contribution is -2.35. The molecule has 1 N–H and O–H groups in total. The normalized spacial score (nSPS) is 17.4. The lowest BCUT2D eigenvalue weighted by molar-refractivity contribution is -0.114. The highest BCUT2D eigenvalue weighted by Gasteiger charge is 2.36. The molecule has 7 nitrogen and oxygen atoms in total. The number of amides is 1. The maximum Gasteiger partial charge on any atom is 0.283 e. The standard InChI is InChI=1S/C23H25N5O2S/c1-6-30-18-9-7-17(8-10-18)27-14(4)11-16(15(27)5)12-19-20(24)28-23(25-21(19)29)31-22(26-28)13(2)3/h7-13,24H,6H2,1-5H3/b19-12+,24-20?. The zero-order valence-electron chi connectivity index (χ0n) is 18.3. The summed E-state index contributed by atoms with van der Waals surface area (Å²) in [7, 11) is 0. The van der Waals surface area contributed by atoms with E-state index in [0.717, 1.165) is 33.4 Å². The molecule has 0 saturated carbocycles. The van der Waals surface area contributed by atoms with E-state index >= 15 is 0 Å². The first-order valence-electron chi connectivity index (χ1n) is 10.2. The number of carbonyl (C=O) groups is 1. The molecule has 31 heavy (non-hydrogen) atoms. The van der Waals surface area contributed by atoms with Crippen molar-refractivity contribution in [2.24, 2.45) is 16.0 Å². The van der Waals surface area contributed by atoms with E-state index in [-0.39, 0.29) is 17.3 Å². The molecule has 1 aromatic heterocycles. The molecular formula is C23H25N5O2S. The first kappa shape index (κ1) is 21.1. The lowest BCUT2D eigenvalue weighted by Gasteiger charge is -2.20. The van der Waals surface area contributed by atoms with E-state index in [1.807, 2.05) is 65.0 Å². The lowest BCUT2D eigenvalue weighted by atomic mass is 10.1. The summed E-state index contributed by atoms with van der Waals surface area (Å²) < 4.78 is 7.65. The van der Waals surface area contributed by atoms with E-state index in [2.05, 4.69) is 14.7 Å². The second-order valence-electron chi connectivity index (χ2n) is 7.70. The summed E-state index contributed by atoms with van der Waals surface area (Å²) in [5, 5.41) is 15.8. The molecule has 1 amide bonds. The summed E-state index contributed by atoms with van der Waals surface area (Å²) in [5.41, 5.74) is 4.13. The Morgan fingerprint density at radius 1 is 1.23 bits per heavy atom. The van der Waals surface area contributed by atoms with E-state index in [0.29, 0.717) is 11.8 Å². The predicted octanol–water partition coefficient (Wildman–Crippen LogP) is 4.77. The Bertz CT molecular complexity index is 1160. The number of aromatic nitrogens is 1. The predicted molar refractivity (Wildman–Crippen MR) is 126 cm³/mol. The van der Waals surface area contributed by atoms with Gasteiger partial charge in [-0.25, -0.2) is 0 Å². The van der Waals surface area contributed by atoms with Gasteiger partial charge in [0.15, 0.2) is 5.84 Å². The van der Waals surface area contributed by atoms with Gasteiger partial charge in [-0.3, -0.25) is 10.2 Å². The topological polar surface area (TPSA) is 83.0 Å². The van der Waals surface area contributed by atoms with Crippen LogP contribution in [0.5, 0.6) is 5.75 Å². The first-order valence-corrected chi connectivity index (χ1v) is 11.0. The highest BCUT2D eigenvalue weighted by atomic mass is 32.2. The van der Waals surface area contributed by atoms with Crippen molar-refractivity contribution < 1.29 is 9.53 Å². The molecule has 0 saturated heterocycles. The van der Waals surface area contributed by atoms with Crippen molar-refractivity contribution in [1.82, 2.24) is 9.58 Å². The number of aryl methyl sites for hydroxylation is 1. The molecule has 3 heterocycles. The summed E-state index contributed by atoms with van der Waals surface area (Å²) >= 11 is 1.35. The van der Waals surface area contributed by atoms with Crippen LogP contribution < -0.4 is 4.74 Å². The van der Waals surface area contributed by atoms with Crippen molar-refractivity contribution in [2.45, 2.75) is 34.6 Å². The zero-order chi connectivity index (χ0) is 22.3. The van der Waals surface area contributed by atoms with E-state index in [1.54, 1.807) is 6.08 Å². The minimum atomic E-state index is -0.408. The van der Waals surface area contributed by atoms with Crippen LogP contribution in [0, 0.1) is 25.2 Å². The Hall–Kier alpha value is -3.13. The Labute approximate surface area is 186 Å². The summed E-state index contributed by atoms with van der Waals surface area (Å²) in [6, 6.07) is 9.93. The van der Waals surface area contributed by atoms with Crippen LogP contribution in [0.25, 0.3) is 11.8 Å². The van der Waals surface area contributed by atoms with Crippen LogP contribution in [0.4, 0.5) is 0 Å². The second-order valence-corrected chi connectivity index (χ2v) is 8.69. The molecule has 2 aliphatic heterocycles. The molecule has 0 unspecified atom stereocenters. The van der Waals surface area contributed by atoms with Crippen molar-refractivity contribution in [3.8, 4) is 11.4 Å². The molecular weight excluding hydrogens is 410 g/mol. The minimum Gasteiger partial charge on any atom is -0.494 e.